The standard InChI is InChI=1S/C13H27NO2/c1-4-5-6-7-8-9-10-16-13(15)11(2)12(3)14/h11-12H,4-10,14H2,1-3H3. The van der Waals surface area contributed by atoms with Crippen LogP contribution in [0.2, 0.25) is 0 Å². The van der Waals surface area contributed by atoms with E-state index in [1.807, 2.05) is 13.8 Å². The van der Waals surface area contributed by atoms with Gasteiger partial charge in [0.1, 0.15) is 0 Å². The Bertz CT molecular complexity index is 181. The second kappa shape index (κ2) is 9.64. The average Bonchev–Trinajstić information content (AvgIpc) is 2.26. The van der Waals surface area contributed by atoms with Gasteiger partial charge in [0.05, 0.1) is 12.5 Å². The molecule has 0 aliphatic rings. The fourth-order valence-corrected chi connectivity index (χ4v) is 1.40. The molecule has 0 aromatic carbocycles. The second-order valence-electron chi connectivity index (χ2n) is 4.58. The first-order valence-electron chi connectivity index (χ1n) is 6.51. The molecule has 0 heterocycles. The second-order valence-corrected chi connectivity index (χ2v) is 4.58. The van der Waals surface area contributed by atoms with Gasteiger partial charge in [-0.25, -0.2) is 0 Å². The van der Waals surface area contributed by atoms with E-state index in [0.717, 1.165) is 12.8 Å². The zero-order chi connectivity index (χ0) is 12.4. The van der Waals surface area contributed by atoms with Gasteiger partial charge >= 0.3 is 5.97 Å². The SMILES string of the molecule is CCCCCCCCOC(=O)C(C)C(C)N. The molecule has 3 nitrogen and oxygen atoms in total. The number of esters is 1. The summed E-state index contributed by atoms with van der Waals surface area (Å²) < 4.78 is 5.15. The van der Waals surface area contributed by atoms with Crippen molar-refractivity contribution in [2.45, 2.75) is 65.3 Å². The van der Waals surface area contributed by atoms with Gasteiger partial charge < -0.3 is 10.5 Å². The lowest BCUT2D eigenvalue weighted by atomic mass is 10.1. The molecule has 0 aliphatic carbocycles. The zero-order valence-electron chi connectivity index (χ0n) is 11.0. The minimum Gasteiger partial charge on any atom is -0.465 e. The van der Waals surface area contributed by atoms with Crippen molar-refractivity contribution < 1.29 is 9.53 Å². The molecular weight excluding hydrogens is 202 g/mol. The van der Waals surface area contributed by atoms with Crippen molar-refractivity contribution in [3.8, 4) is 0 Å². The lowest BCUT2D eigenvalue weighted by Gasteiger charge is -2.14. The van der Waals surface area contributed by atoms with Gasteiger partial charge in [-0.2, -0.15) is 0 Å². The first-order chi connectivity index (χ1) is 7.59. The predicted molar refractivity (Wildman–Crippen MR) is 67.1 cm³/mol. The minimum absolute atomic E-state index is 0.128. The molecule has 0 amide bonds. The molecule has 0 rings (SSSR count). The maximum absolute atomic E-state index is 11.4. The van der Waals surface area contributed by atoms with Crippen molar-refractivity contribution in [2.24, 2.45) is 11.7 Å². The molecule has 0 saturated carbocycles. The van der Waals surface area contributed by atoms with E-state index in [2.05, 4.69) is 6.92 Å². The molecule has 2 N–H and O–H groups in total. The van der Waals surface area contributed by atoms with Crippen LogP contribution in [0.4, 0.5) is 0 Å². The highest BCUT2D eigenvalue weighted by atomic mass is 16.5. The number of rotatable bonds is 9. The summed E-state index contributed by atoms with van der Waals surface area (Å²) >= 11 is 0. The Kier molecular flexibility index (Phi) is 9.30. The molecule has 0 radical (unpaired) electrons. The van der Waals surface area contributed by atoms with Crippen molar-refractivity contribution >= 4 is 5.97 Å². The third kappa shape index (κ3) is 7.69. The van der Waals surface area contributed by atoms with Gasteiger partial charge in [0, 0.05) is 6.04 Å². The summed E-state index contributed by atoms with van der Waals surface area (Å²) in [6.45, 7) is 6.39. The number of nitrogens with two attached hydrogens (primary N) is 1. The third-order valence-electron chi connectivity index (χ3n) is 2.90. The van der Waals surface area contributed by atoms with Crippen LogP contribution in [0.3, 0.4) is 0 Å². The molecule has 0 aromatic rings. The molecule has 2 unspecified atom stereocenters. The maximum Gasteiger partial charge on any atom is 0.310 e. The molecule has 0 fully saturated rings. The Hall–Kier alpha value is -0.570. The molecule has 0 bridgehead atoms. The van der Waals surface area contributed by atoms with Crippen LogP contribution in [0.1, 0.15) is 59.3 Å². The Balaban J connectivity index is 3.34. The quantitative estimate of drug-likeness (QED) is 0.488. The van der Waals surface area contributed by atoms with E-state index in [0.29, 0.717) is 6.61 Å². The van der Waals surface area contributed by atoms with Crippen molar-refractivity contribution in [3.63, 3.8) is 0 Å². The third-order valence-corrected chi connectivity index (χ3v) is 2.90. The summed E-state index contributed by atoms with van der Waals surface area (Å²) in [5.74, 6) is -0.358. The van der Waals surface area contributed by atoms with Crippen LogP contribution in [-0.4, -0.2) is 18.6 Å². The topological polar surface area (TPSA) is 52.3 Å². The summed E-state index contributed by atoms with van der Waals surface area (Å²) in [5, 5.41) is 0. The molecule has 0 spiro atoms. The lowest BCUT2D eigenvalue weighted by molar-refractivity contribution is -0.148. The normalized spacial score (nSPS) is 14.5. The smallest absolute Gasteiger partial charge is 0.310 e. The first-order valence-corrected chi connectivity index (χ1v) is 6.51. The summed E-state index contributed by atoms with van der Waals surface area (Å²) in [6, 6.07) is -0.128. The number of unbranched alkanes of at least 4 members (excludes halogenated alkanes) is 5. The fraction of sp³-hybridized carbons (Fsp3) is 0.923. The Morgan fingerprint density at radius 1 is 1.12 bits per heavy atom. The van der Waals surface area contributed by atoms with Crippen LogP contribution < -0.4 is 5.73 Å². The number of hydrogen-bond donors (Lipinski definition) is 1. The number of carbonyl (C=O) groups is 1. The highest BCUT2D eigenvalue weighted by molar-refractivity contribution is 5.72. The van der Waals surface area contributed by atoms with Crippen molar-refractivity contribution in [2.75, 3.05) is 6.61 Å². The summed E-state index contributed by atoms with van der Waals surface area (Å²) in [5.41, 5.74) is 5.62. The van der Waals surface area contributed by atoms with Crippen LogP contribution in [0.5, 0.6) is 0 Å². The molecule has 96 valence electrons. The average molecular weight is 229 g/mol. The number of hydrogen-bond acceptors (Lipinski definition) is 3. The van der Waals surface area contributed by atoms with E-state index in [1.54, 1.807) is 0 Å². The highest BCUT2D eigenvalue weighted by Gasteiger charge is 2.17. The number of carbonyl (C=O) groups excluding carboxylic acids is 1. The van der Waals surface area contributed by atoms with Gasteiger partial charge in [0.15, 0.2) is 0 Å². The van der Waals surface area contributed by atoms with Crippen LogP contribution in [0.25, 0.3) is 0 Å². The molecule has 0 saturated heterocycles. The maximum atomic E-state index is 11.4. The summed E-state index contributed by atoms with van der Waals surface area (Å²) in [4.78, 5) is 11.4. The minimum atomic E-state index is -0.194. The van der Waals surface area contributed by atoms with Gasteiger partial charge in [0.2, 0.25) is 0 Å². The Labute approximate surface area is 99.7 Å². The lowest BCUT2D eigenvalue weighted by Crippen LogP contribution is -2.32. The first kappa shape index (κ1) is 15.4. The monoisotopic (exact) mass is 229 g/mol. The molecule has 2 atom stereocenters. The molecule has 3 heteroatoms. The van der Waals surface area contributed by atoms with Crippen molar-refractivity contribution in [3.05, 3.63) is 0 Å². The van der Waals surface area contributed by atoms with Crippen molar-refractivity contribution in [1.82, 2.24) is 0 Å². The van der Waals surface area contributed by atoms with E-state index >= 15 is 0 Å². The largest absolute Gasteiger partial charge is 0.465 e. The molecular formula is C13H27NO2. The van der Waals surface area contributed by atoms with E-state index in [4.69, 9.17) is 10.5 Å². The Morgan fingerprint density at radius 3 is 2.25 bits per heavy atom. The number of ether oxygens (including phenoxy) is 1. The van der Waals surface area contributed by atoms with E-state index in [1.165, 1.54) is 25.7 Å². The molecule has 0 aliphatic heterocycles. The summed E-state index contributed by atoms with van der Waals surface area (Å²) in [7, 11) is 0. The van der Waals surface area contributed by atoms with Gasteiger partial charge in [-0.3, -0.25) is 4.79 Å². The summed E-state index contributed by atoms with van der Waals surface area (Å²) in [6.07, 6.45) is 7.23. The van der Waals surface area contributed by atoms with Crippen LogP contribution in [-0.2, 0) is 9.53 Å². The predicted octanol–water partition coefficient (Wildman–Crippen LogP) is 2.87. The molecule has 0 aromatic heterocycles. The van der Waals surface area contributed by atoms with Crippen LogP contribution in [0, 0.1) is 5.92 Å². The van der Waals surface area contributed by atoms with Gasteiger partial charge in [-0.15, -0.1) is 0 Å². The van der Waals surface area contributed by atoms with Gasteiger partial charge in [-0.05, 0) is 13.3 Å². The van der Waals surface area contributed by atoms with Crippen LogP contribution in [0.15, 0.2) is 0 Å². The Morgan fingerprint density at radius 2 is 1.69 bits per heavy atom. The zero-order valence-corrected chi connectivity index (χ0v) is 11.0. The molecule has 16 heavy (non-hydrogen) atoms. The van der Waals surface area contributed by atoms with Gasteiger partial charge in [0.25, 0.3) is 0 Å². The highest BCUT2D eigenvalue weighted by Crippen LogP contribution is 2.07. The van der Waals surface area contributed by atoms with E-state index in [9.17, 15) is 4.79 Å². The van der Waals surface area contributed by atoms with E-state index < -0.39 is 0 Å². The fourth-order valence-electron chi connectivity index (χ4n) is 1.40. The van der Waals surface area contributed by atoms with Crippen molar-refractivity contribution in [1.29, 1.82) is 0 Å². The van der Waals surface area contributed by atoms with Gasteiger partial charge in [-0.1, -0.05) is 46.0 Å². The van der Waals surface area contributed by atoms with Crippen LogP contribution >= 0.6 is 0 Å². The van der Waals surface area contributed by atoms with E-state index in [-0.39, 0.29) is 17.9 Å².